The predicted molar refractivity (Wildman–Crippen MR) is 166 cm³/mol. The molecule has 5 rings (SSSR count). The Labute approximate surface area is 251 Å². The molecular weight excluding hydrogens is 544 g/mol. The molecule has 10 nitrogen and oxygen atoms in total. The van der Waals surface area contributed by atoms with E-state index < -0.39 is 17.8 Å². The first-order valence-electron chi connectivity index (χ1n) is 13.9. The third-order valence-electron chi connectivity index (χ3n) is 7.25. The minimum Gasteiger partial charge on any atom is -0.497 e. The number of ether oxygens (including phenoxy) is 3. The summed E-state index contributed by atoms with van der Waals surface area (Å²) in [6.07, 6.45) is 3.20. The number of hydrogen-bond acceptors (Lipinski definition) is 8. The Bertz CT molecular complexity index is 1610. The first-order chi connectivity index (χ1) is 20.8. The summed E-state index contributed by atoms with van der Waals surface area (Å²) in [6.45, 7) is 2.07. The fourth-order valence-electron chi connectivity index (χ4n) is 5.00. The first kappa shape index (κ1) is 29.7. The maximum atomic E-state index is 11.6. The smallest absolute Gasteiger partial charge is 0.184 e. The van der Waals surface area contributed by atoms with E-state index in [0.29, 0.717) is 17.0 Å². The Hall–Kier alpha value is -4.80. The van der Waals surface area contributed by atoms with Crippen LogP contribution >= 0.6 is 0 Å². The molecule has 0 radical (unpaired) electrons. The molecule has 3 aromatic carbocycles. The molecule has 43 heavy (non-hydrogen) atoms. The molecule has 0 aliphatic rings. The second kappa shape index (κ2) is 13.0. The van der Waals surface area contributed by atoms with E-state index in [9.17, 15) is 5.11 Å². The van der Waals surface area contributed by atoms with Gasteiger partial charge in [-0.25, -0.2) is 19.9 Å². The number of aromatic nitrogens is 4. The second-order valence-electron chi connectivity index (χ2n) is 10.4. The molecule has 222 valence electrons. The van der Waals surface area contributed by atoms with Gasteiger partial charge < -0.3 is 28.8 Å². The lowest BCUT2D eigenvalue weighted by Crippen LogP contribution is -2.41. The topological polar surface area (TPSA) is 107 Å². The van der Waals surface area contributed by atoms with E-state index in [1.54, 1.807) is 31.5 Å². The molecule has 0 fully saturated rings. The quantitative estimate of drug-likeness (QED) is 0.127. The molecule has 0 unspecified atom stereocenters. The Kier molecular flexibility index (Phi) is 8.98. The highest BCUT2D eigenvalue weighted by atomic mass is 16.5. The molecule has 2 heterocycles. The van der Waals surface area contributed by atoms with Crippen LogP contribution in [0, 0.1) is 0 Å². The van der Waals surface area contributed by atoms with Crippen LogP contribution in [0.1, 0.15) is 23.6 Å². The summed E-state index contributed by atoms with van der Waals surface area (Å²) in [5, 5.41) is 11.6. The minimum atomic E-state index is -1.06. The summed E-state index contributed by atoms with van der Waals surface area (Å²) >= 11 is 0. The van der Waals surface area contributed by atoms with Gasteiger partial charge in [-0.1, -0.05) is 54.6 Å². The lowest BCUT2D eigenvalue weighted by molar-refractivity contribution is -0.0967. The number of hydrogen-bond donors (Lipinski definition) is 1. The van der Waals surface area contributed by atoms with Gasteiger partial charge in [0.15, 0.2) is 17.0 Å². The summed E-state index contributed by atoms with van der Waals surface area (Å²) in [5.41, 5.74) is 2.74. The van der Waals surface area contributed by atoms with E-state index >= 15 is 0 Å². The summed E-state index contributed by atoms with van der Waals surface area (Å²) in [4.78, 5) is 19.4. The van der Waals surface area contributed by atoms with Crippen LogP contribution in [-0.4, -0.2) is 76.4 Å². The van der Waals surface area contributed by atoms with Gasteiger partial charge in [-0.05, 0) is 47.9 Å². The number of nitrogens with zero attached hydrogens (tertiary/aromatic N) is 6. The zero-order valence-corrected chi connectivity index (χ0v) is 25.0. The van der Waals surface area contributed by atoms with Crippen molar-refractivity contribution >= 4 is 23.3 Å². The van der Waals surface area contributed by atoms with Crippen molar-refractivity contribution in [3.8, 4) is 11.5 Å². The molecular formula is C33H36N6O4. The number of aliphatic imine (C=N–C) groups is 1. The molecule has 10 heteroatoms. The van der Waals surface area contributed by atoms with Crippen molar-refractivity contribution in [1.82, 2.24) is 24.4 Å². The molecule has 0 bridgehead atoms. The Balaban J connectivity index is 1.54. The van der Waals surface area contributed by atoms with Gasteiger partial charge in [-0.15, -0.1) is 0 Å². The number of benzene rings is 3. The number of rotatable bonds is 12. The van der Waals surface area contributed by atoms with Crippen molar-refractivity contribution in [2.24, 2.45) is 4.99 Å². The highest BCUT2D eigenvalue weighted by Gasteiger charge is 2.40. The van der Waals surface area contributed by atoms with Crippen molar-refractivity contribution in [3.05, 3.63) is 108 Å². The van der Waals surface area contributed by atoms with E-state index in [-0.39, 0.29) is 6.54 Å². The van der Waals surface area contributed by atoms with Gasteiger partial charge in [0.1, 0.15) is 23.4 Å². The predicted octanol–water partition coefficient (Wildman–Crippen LogP) is 4.82. The van der Waals surface area contributed by atoms with Crippen molar-refractivity contribution in [2.45, 2.75) is 31.3 Å². The van der Waals surface area contributed by atoms with Crippen LogP contribution in [0.3, 0.4) is 0 Å². The third-order valence-corrected chi connectivity index (χ3v) is 7.25. The van der Waals surface area contributed by atoms with Crippen LogP contribution in [0.2, 0.25) is 0 Å². The molecule has 0 aliphatic carbocycles. The zero-order chi connectivity index (χ0) is 30.4. The number of aliphatic hydroxyl groups excluding tert-OH is 1. The zero-order valence-electron chi connectivity index (χ0n) is 25.0. The SMILES string of the molecule is COc1ccc(C(O[C@H](C)[C@@H](O)Cn2cnc3c(/N=C/N(C)C)ncnc32)(c2ccccc2)c2ccc(OC)cc2)cc1. The van der Waals surface area contributed by atoms with Crippen LogP contribution in [0.15, 0.2) is 96.5 Å². The van der Waals surface area contributed by atoms with Crippen molar-refractivity contribution in [1.29, 1.82) is 0 Å². The fraction of sp³-hybridized carbons (Fsp3) is 0.273. The molecule has 5 aromatic rings. The van der Waals surface area contributed by atoms with Gasteiger partial charge in [0.25, 0.3) is 0 Å². The Morgan fingerprint density at radius 3 is 2.00 bits per heavy atom. The minimum absolute atomic E-state index is 0.196. The molecule has 0 saturated carbocycles. The van der Waals surface area contributed by atoms with Gasteiger partial charge in [0.05, 0.1) is 45.6 Å². The van der Waals surface area contributed by atoms with Gasteiger partial charge in [0, 0.05) is 14.1 Å². The maximum absolute atomic E-state index is 11.6. The molecule has 2 aromatic heterocycles. The fourth-order valence-corrected chi connectivity index (χ4v) is 5.00. The van der Waals surface area contributed by atoms with Gasteiger partial charge in [-0.2, -0.15) is 0 Å². The molecule has 0 spiro atoms. The van der Waals surface area contributed by atoms with E-state index in [1.165, 1.54) is 6.33 Å². The molecule has 0 saturated heterocycles. The average Bonchev–Trinajstić information content (AvgIpc) is 3.46. The first-order valence-corrected chi connectivity index (χ1v) is 13.9. The highest BCUT2D eigenvalue weighted by Crippen LogP contribution is 2.43. The summed E-state index contributed by atoms with van der Waals surface area (Å²) in [5.74, 6) is 1.92. The molecule has 1 N–H and O–H groups in total. The van der Waals surface area contributed by atoms with Crippen LogP contribution in [0.25, 0.3) is 11.2 Å². The second-order valence-corrected chi connectivity index (χ2v) is 10.4. The van der Waals surface area contributed by atoms with Gasteiger partial charge in [-0.3, -0.25) is 0 Å². The summed E-state index contributed by atoms with van der Waals surface area (Å²) in [6, 6.07) is 25.6. The third kappa shape index (κ3) is 6.20. The van der Waals surface area contributed by atoms with Crippen molar-refractivity contribution < 1.29 is 19.3 Å². The van der Waals surface area contributed by atoms with Gasteiger partial charge in [0.2, 0.25) is 0 Å². The Morgan fingerprint density at radius 2 is 1.44 bits per heavy atom. The van der Waals surface area contributed by atoms with E-state index in [1.807, 2.05) is 105 Å². The Morgan fingerprint density at radius 1 is 0.860 bits per heavy atom. The number of fused-ring (bicyclic) bond motifs is 1. The highest BCUT2D eigenvalue weighted by molar-refractivity contribution is 5.82. The number of imidazole rings is 1. The van der Waals surface area contributed by atoms with E-state index in [4.69, 9.17) is 14.2 Å². The van der Waals surface area contributed by atoms with Crippen LogP contribution in [0.4, 0.5) is 5.82 Å². The van der Waals surface area contributed by atoms with E-state index in [2.05, 4.69) is 19.9 Å². The van der Waals surface area contributed by atoms with Crippen molar-refractivity contribution in [2.75, 3.05) is 28.3 Å². The molecule has 2 atom stereocenters. The normalized spacial score (nSPS) is 13.3. The maximum Gasteiger partial charge on any atom is 0.184 e. The largest absolute Gasteiger partial charge is 0.497 e. The average molecular weight is 581 g/mol. The van der Waals surface area contributed by atoms with Crippen LogP contribution < -0.4 is 9.47 Å². The van der Waals surface area contributed by atoms with E-state index in [0.717, 1.165) is 28.2 Å². The molecule has 0 amide bonds. The lowest BCUT2D eigenvalue weighted by atomic mass is 9.79. The standard InChI is InChI=1S/C33H36N6O4/c1-23(29(40)19-39-22-36-30-31(37-21-38(2)3)34-20-35-32(30)39)43-33(24-9-7-6-8-10-24,25-11-15-27(41-4)16-12-25)26-13-17-28(42-5)18-14-26/h6-18,20-23,29,40H,19H2,1-5H3/b37-21+/t23-,29+/m1/s1. The lowest BCUT2D eigenvalue weighted by Gasteiger charge is -2.39. The van der Waals surface area contributed by atoms with Crippen LogP contribution in [0.5, 0.6) is 11.5 Å². The monoisotopic (exact) mass is 580 g/mol. The summed E-state index contributed by atoms with van der Waals surface area (Å²) in [7, 11) is 7.04. The van der Waals surface area contributed by atoms with Crippen LogP contribution in [-0.2, 0) is 16.9 Å². The van der Waals surface area contributed by atoms with Gasteiger partial charge >= 0.3 is 0 Å². The molecule has 0 aliphatic heterocycles. The van der Waals surface area contributed by atoms with Crippen molar-refractivity contribution in [3.63, 3.8) is 0 Å². The number of aliphatic hydroxyl groups is 1. The number of methoxy groups -OCH3 is 2. The summed E-state index contributed by atoms with van der Waals surface area (Å²) < 4.78 is 19.7.